The van der Waals surface area contributed by atoms with Gasteiger partial charge in [0.15, 0.2) is 0 Å². The molecule has 0 fully saturated rings. The molecule has 4 nitrogen and oxygen atoms in total. The number of para-hydroxylation sites is 2. The molecule has 16 heavy (non-hydrogen) atoms. The van der Waals surface area contributed by atoms with Crippen LogP contribution in [0.4, 0.5) is 0 Å². The number of hydrogen-bond donors (Lipinski definition) is 1. The lowest BCUT2D eigenvalue weighted by Crippen LogP contribution is -2.18. The molecule has 0 unspecified atom stereocenters. The molecule has 0 radical (unpaired) electrons. The summed E-state index contributed by atoms with van der Waals surface area (Å²) in [5.41, 5.74) is 2.20. The number of rotatable bonds is 0. The van der Waals surface area contributed by atoms with E-state index in [4.69, 9.17) is 5.41 Å². The predicted molar refractivity (Wildman–Crippen MR) is 60.6 cm³/mol. The van der Waals surface area contributed by atoms with Crippen LogP contribution in [0.15, 0.2) is 30.3 Å². The van der Waals surface area contributed by atoms with Crippen LogP contribution in [0.25, 0.3) is 17.1 Å². The number of nitrogens with one attached hydrogen (secondary N) is 1. The van der Waals surface area contributed by atoms with Gasteiger partial charge in [-0.25, -0.2) is 9.97 Å². The molecule has 2 aromatic rings. The molecule has 76 valence electrons. The van der Waals surface area contributed by atoms with E-state index in [1.165, 1.54) is 6.08 Å². The highest BCUT2D eigenvalue weighted by molar-refractivity contribution is 6.50. The van der Waals surface area contributed by atoms with Crippen molar-refractivity contribution in [3.8, 4) is 0 Å². The SMILES string of the molecule is N=C1C=Cc2nc3ccccc3nc2C1=O. The lowest BCUT2D eigenvalue weighted by Gasteiger charge is -2.09. The maximum Gasteiger partial charge on any atom is 0.231 e. The number of Topliss-reactive ketones (excluding diaryl/α,β-unsaturated/α-hetero) is 1. The standard InChI is InChI=1S/C12H7N3O/c13-7-5-6-10-11(12(7)16)15-9-4-2-1-3-8(9)14-10/h1-6,13H. The fourth-order valence-corrected chi connectivity index (χ4v) is 1.66. The smallest absolute Gasteiger partial charge is 0.231 e. The number of nitrogens with zero attached hydrogens (tertiary/aromatic N) is 2. The maximum atomic E-state index is 11.7. The lowest BCUT2D eigenvalue weighted by molar-refractivity contribution is 0.106. The Kier molecular flexibility index (Phi) is 1.71. The zero-order valence-corrected chi connectivity index (χ0v) is 8.27. The van der Waals surface area contributed by atoms with Crippen LogP contribution >= 0.6 is 0 Å². The Labute approximate surface area is 91.2 Å². The average Bonchev–Trinajstić information content (AvgIpc) is 2.32. The average molecular weight is 209 g/mol. The minimum absolute atomic E-state index is 0.0444. The first-order chi connectivity index (χ1) is 7.75. The first kappa shape index (κ1) is 8.91. The van der Waals surface area contributed by atoms with Crippen molar-refractivity contribution >= 4 is 28.6 Å². The van der Waals surface area contributed by atoms with Crippen LogP contribution in [0.3, 0.4) is 0 Å². The summed E-state index contributed by atoms with van der Waals surface area (Å²) in [7, 11) is 0. The van der Waals surface area contributed by atoms with Gasteiger partial charge in [0.05, 0.1) is 16.7 Å². The predicted octanol–water partition coefficient (Wildman–Crippen LogP) is 1.86. The first-order valence-electron chi connectivity index (χ1n) is 4.84. The summed E-state index contributed by atoms with van der Waals surface area (Å²) < 4.78 is 0. The zero-order valence-electron chi connectivity index (χ0n) is 8.27. The van der Waals surface area contributed by atoms with Gasteiger partial charge in [-0.1, -0.05) is 12.1 Å². The van der Waals surface area contributed by atoms with E-state index in [1.54, 1.807) is 12.1 Å². The molecule has 0 bridgehead atoms. The van der Waals surface area contributed by atoms with E-state index in [9.17, 15) is 4.79 Å². The lowest BCUT2D eigenvalue weighted by atomic mass is 10.0. The van der Waals surface area contributed by atoms with Crippen LogP contribution in [0.1, 0.15) is 16.2 Å². The molecule has 4 heteroatoms. The Hall–Kier alpha value is -2.36. The summed E-state index contributed by atoms with van der Waals surface area (Å²) in [5, 5.41) is 7.43. The molecule has 0 spiro atoms. The van der Waals surface area contributed by atoms with Crippen molar-refractivity contribution in [3.05, 3.63) is 41.7 Å². The monoisotopic (exact) mass is 209 g/mol. The fourth-order valence-electron chi connectivity index (χ4n) is 1.66. The Bertz CT molecular complexity index is 658. The molecule has 1 aliphatic rings. The van der Waals surface area contributed by atoms with Gasteiger partial charge in [-0.2, -0.15) is 0 Å². The second-order valence-electron chi connectivity index (χ2n) is 3.52. The minimum Gasteiger partial charge on any atom is -0.297 e. The molecule has 0 saturated carbocycles. The number of hydrogen-bond acceptors (Lipinski definition) is 4. The van der Waals surface area contributed by atoms with E-state index < -0.39 is 0 Å². The van der Waals surface area contributed by atoms with Crippen molar-refractivity contribution in [1.29, 1.82) is 5.41 Å². The molecule has 0 aliphatic heterocycles. The van der Waals surface area contributed by atoms with Crippen LogP contribution < -0.4 is 0 Å². The molecule has 3 rings (SSSR count). The Morgan fingerprint density at radius 3 is 2.44 bits per heavy atom. The van der Waals surface area contributed by atoms with E-state index in [2.05, 4.69) is 9.97 Å². The second-order valence-corrected chi connectivity index (χ2v) is 3.52. The largest absolute Gasteiger partial charge is 0.297 e. The number of ketones is 1. The molecular formula is C12H7N3O. The van der Waals surface area contributed by atoms with Crippen molar-refractivity contribution < 1.29 is 4.79 Å². The van der Waals surface area contributed by atoms with Gasteiger partial charge in [0, 0.05) is 0 Å². The van der Waals surface area contributed by atoms with E-state index in [0.29, 0.717) is 11.2 Å². The van der Waals surface area contributed by atoms with Gasteiger partial charge < -0.3 is 0 Å². The maximum absolute atomic E-state index is 11.7. The molecule has 0 amide bonds. The van der Waals surface area contributed by atoms with Crippen molar-refractivity contribution in [2.45, 2.75) is 0 Å². The van der Waals surface area contributed by atoms with E-state index in [0.717, 1.165) is 5.52 Å². The van der Waals surface area contributed by atoms with Gasteiger partial charge in [-0.05, 0) is 24.3 Å². The highest BCUT2D eigenvalue weighted by Crippen LogP contribution is 2.17. The van der Waals surface area contributed by atoms with Crippen LogP contribution in [-0.4, -0.2) is 21.5 Å². The first-order valence-corrected chi connectivity index (χ1v) is 4.84. The molecule has 1 N–H and O–H groups in total. The number of benzene rings is 1. The van der Waals surface area contributed by atoms with Crippen molar-refractivity contribution in [2.75, 3.05) is 0 Å². The summed E-state index contributed by atoms with van der Waals surface area (Å²) in [5.74, 6) is -0.365. The van der Waals surface area contributed by atoms with Crippen LogP contribution in [-0.2, 0) is 0 Å². The number of fused-ring (bicyclic) bond motifs is 2. The van der Waals surface area contributed by atoms with Crippen LogP contribution in [0.5, 0.6) is 0 Å². The Morgan fingerprint density at radius 1 is 1.00 bits per heavy atom. The number of aromatic nitrogens is 2. The Balaban J connectivity index is 2.37. The van der Waals surface area contributed by atoms with Gasteiger partial charge in [0.2, 0.25) is 5.78 Å². The summed E-state index contributed by atoms with van der Waals surface area (Å²) in [4.78, 5) is 20.3. The molecule has 1 heterocycles. The summed E-state index contributed by atoms with van der Waals surface area (Å²) >= 11 is 0. The molecule has 1 aromatic heterocycles. The zero-order chi connectivity index (χ0) is 11.1. The summed E-state index contributed by atoms with van der Waals surface area (Å²) in [6.07, 6.45) is 3.10. The topological polar surface area (TPSA) is 66.7 Å². The number of allylic oxidation sites excluding steroid dienone is 1. The van der Waals surface area contributed by atoms with Crippen LogP contribution in [0.2, 0.25) is 0 Å². The third-order valence-corrected chi connectivity index (χ3v) is 2.47. The van der Waals surface area contributed by atoms with Crippen molar-refractivity contribution in [1.82, 2.24) is 9.97 Å². The third kappa shape index (κ3) is 1.16. The van der Waals surface area contributed by atoms with E-state index >= 15 is 0 Å². The quantitative estimate of drug-likeness (QED) is 0.720. The van der Waals surface area contributed by atoms with Crippen molar-refractivity contribution in [2.24, 2.45) is 0 Å². The third-order valence-electron chi connectivity index (χ3n) is 2.47. The van der Waals surface area contributed by atoms with Gasteiger partial charge >= 0.3 is 0 Å². The van der Waals surface area contributed by atoms with Gasteiger partial charge in [0.1, 0.15) is 11.4 Å². The second kappa shape index (κ2) is 3.06. The highest BCUT2D eigenvalue weighted by atomic mass is 16.1. The molecular weight excluding hydrogens is 202 g/mol. The summed E-state index contributed by atoms with van der Waals surface area (Å²) in [6, 6.07) is 7.37. The van der Waals surface area contributed by atoms with E-state index in [1.807, 2.05) is 18.2 Å². The number of carbonyl (C=O) groups excluding carboxylic acids is 1. The molecule has 0 atom stereocenters. The van der Waals surface area contributed by atoms with Gasteiger partial charge in [0.25, 0.3) is 0 Å². The van der Waals surface area contributed by atoms with E-state index in [-0.39, 0.29) is 17.2 Å². The summed E-state index contributed by atoms with van der Waals surface area (Å²) in [6.45, 7) is 0. The minimum atomic E-state index is -0.365. The highest BCUT2D eigenvalue weighted by Gasteiger charge is 2.21. The van der Waals surface area contributed by atoms with Crippen molar-refractivity contribution in [3.63, 3.8) is 0 Å². The molecule has 0 saturated heterocycles. The number of carbonyl (C=O) groups is 1. The molecule has 1 aliphatic carbocycles. The van der Waals surface area contributed by atoms with Gasteiger partial charge in [-0.3, -0.25) is 10.2 Å². The molecule has 1 aromatic carbocycles. The van der Waals surface area contributed by atoms with Gasteiger partial charge in [-0.15, -0.1) is 0 Å². The Morgan fingerprint density at radius 2 is 1.69 bits per heavy atom. The van der Waals surface area contributed by atoms with Crippen LogP contribution in [0, 0.1) is 5.41 Å². The fraction of sp³-hybridized carbons (Fsp3) is 0. The normalized spacial score (nSPS) is 14.2.